The zero-order chi connectivity index (χ0) is 9.26. The van der Waals surface area contributed by atoms with Crippen LogP contribution in [0, 0.1) is 5.92 Å². The number of ether oxygens (including phenoxy) is 1. The largest absolute Gasteiger partial charge is 0.480 e. The summed E-state index contributed by atoms with van der Waals surface area (Å²) in [5.74, 6) is -0.569. The van der Waals surface area contributed by atoms with E-state index in [4.69, 9.17) is 9.84 Å². The van der Waals surface area contributed by atoms with Crippen LogP contribution in [0.1, 0.15) is 19.3 Å². The third-order valence-electron chi connectivity index (χ3n) is 2.69. The van der Waals surface area contributed by atoms with Gasteiger partial charge in [0.2, 0.25) is 0 Å². The van der Waals surface area contributed by atoms with Crippen molar-refractivity contribution in [3.8, 4) is 0 Å². The summed E-state index contributed by atoms with van der Waals surface area (Å²) < 4.78 is 5.19. The zero-order valence-electron chi connectivity index (χ0n) is 7.53. The summed E-state index contributed by atoms with van der Waals surface area (Å²) in [6.45, 7) is 1.30. The van der Waals surface area contributed by atoms with Gasteiger partial charge in [-0.1, -0.05) is 0 Å². The molecular formula is C9H15NO3. The first-order chi connectivity index (χ1) is 6.27. The molecule has 2 fully saturated rings. The smallest absolute Gasteiger partial charge is 0.321 e. The first kappa shape index (κ1) is 8.97. The van der Waals surface area contributed by atoms with Crippen LogP contribution in [0.3, 0.4) is 0 Å². The van der Waals surface area contributed by atoms with Gasteiger partial charge in [-0.15, -0.1) is 0 Å². The predicted molar refractivity (Wildman–Crippen MR) is 46.5 cm³/mol. The Kier molecular flexibility index (Phi) is 2.51. The van der Waals surface area contributed by atoms with E-state index in [0.717, 1.165) is 19.3 Å². The van der Waals surface area contributed by atoms with Crippen LogP contribution in [0.4, 0.5) is 0 Å². The van der Waals surface area contributed by atoms with E-state index in [1.807, 2.05) is 0 Å². The monoisotopic (exact) mass is 185 g/mol. The Morgan fingerprint density at radius 3 is 2.69 bits per heavy atom. The molecule has 13 heavy (non-hydrogen) atoms. The summed E-state index contributed by atoms with van der Waals surface area (Å²) >= 11 is 0. The van der Waals surface area contributed by atoms with Crippen LogP contribution in [0.2, 0.25) is 0 Å². The Hall–Kier alpha value is -0.610. The summed E-state index contributed by atoms with van der Waals surface area (Å²) in [4.78, 5) is 10.9. The average Bonchev–Trinajstić information content (AvgIpc) is 2.75. The number of nitrogens with one attached hydrogen (secondary N) is 1. The van der Waals surface area contributed by atoms with E-state index in [0.29, 0.717) is 19.3 Å². The van der Waals surface area contributed by atoms with Crippen molar-refractivity contribution in [2.75, 3.05) is 13.2 Å². The molecule has 1 heterocycles. The van der Waals surface area contributed by atoms with Gasteiger partial charge >= 0.3 is 5.97 Å². The molecule has 1 saturated heterocycles. The van der Waals surface area contributed by atoms with Crippen molar-refractivity contribution in [3.63, 3.8) is 0 Å². The van der Waals surface area contributed by atoms with Crippen molar-refractivity contribution in [1.29, 1.82) is 0 Å². The van der Waals surface area contributed by atoms with Crippen molar-refractivity contribution in [3.05, 3.63) is 0 Å². The van der Waals surface area contributed by atoms with Gasteiger partial charge < -0.3 is 15.2 Å². The van der Waals surface area contributed by atoms with Gasteiger partial charge in [0, 0.05) is 18.6 Å². The second-order valence-electron chi connectivity index (χ2n) is 3.88. The molecule has 1 saturated carbocycles. The molecule has 0 aromatic rings. The Balaban J connectivity index is 1.90. The molecule has 4 nitrogen and oxygen atoms in total. The molecule has 1 aliphatic carbocycles. The van der Waals surface area contributed by atoms with Crippen LogP contribution < -0.4 is 5.32 Å². The topological polar surface area (TPSA) is 58.6 Å². The lowest BCUT2D eigenvalue weighted by molar-refractivity contribution is -0.141. The number of carboxylic acids is 1. The van der Waals surface area contributed by atoms with Gasteiger partial charge in [-0.25, -0.2) is 0 Å². The molecule has 4 heteroatoms. The van der Waals surface area contributed by atoms with Crippen LogP contribution in [-0.2, 0) is 9.53 Å². The molecular weight excluding hydrogens is 170 g/mol. The minimum Gasteiger partial charge on any atom is -0.480 e. The molecule has 2 atom stereocenters. The maximum Gasteiger partial charge on any atom is 0.321 e. The van der Waals surface area contributed by atoms with Gasteiger partial charge in [-0.3, -0.25) is 4.79 Å². The van der Waals surface area contributed by atoms with Gasteiger partial charge in [0.1, 0.15) is 6.04 Å². The third kappa shape index (κ3) is 2.19. The van der Waals surface area contributed by atoms with Crippen molar-refractivity contribution in [1.82, 2.24) is 5.32 Å². The lowest BCUT2D eigenvalue weighted by atomic mass is 9.99. The lowest BCUT2D eigenvalue weighted by Gasteiger charge is -2.18. The summed E-state index contributed by atoms with van der Waals surface area (Å²) in [5, 5.41) is 12.1. The lowest BCUT2D eigenvalue weighted by Crippen LogP contribution is -2.44. The van der Waals surface area contributed by atoms with Crippen LogP contribution in [-0.4, -0.2) is 36.4 Å². The van der Waals surface area contributed by atoms with E-state index in [2.05, 4.69) is 5.32 Å². The molecule has 0 aromatic heterocycles. The number of hydrogen-bond donors (Lipinski definition) is 2. The maximum atomic E-state index is 10.9. The third-order valence-corrected chi connectivity index (χ3v) is 2.69. The standard InChI is InChI=1S/C9H15NO3/c11-9(12)8(10-7-1-2-7)6-3-4-13-5-6/h6-8,10H,1-5H2,(H,11,12). The Labute approximate surface area is 77.3 Å². The molecule has 2 rings (SSSR count). The molecule has 1 aliphatic heterocycles. The minimum atomic E-state index is -0.734. The predicted octanol–water partition coefficient (Wildman–Crippen LogP) is 0.228. The van der Waals surface area contributed by atoms with E-state index in [1.165, 1.54) is 0 Å². The van der Waals surface area contributed by atoms with Gasteiger partial charge in [-0.05, 0) is 19.3 Å². The first-order valence-electron chi connectivity index (χ1n) is 4.84. The van der Waals surface area contributed by atoms with Gasteiger partial charge in [0.25, 0.3) is 0 Å². The van der Waals surface area contributed by atoms with Crippen molar-refractivity contribution < 1.29 is 14.6 Å². The molecule has 0 amide bonds. The number of rotatable bonds is 4. The fourth-order valence-corrected chi connectivity index (χ4v) is 1.73. The van der Waals surface area contributed by atoms with Crippen LogP contribution >= 0.6 is 0 Å². The highest BCUT2D eigenvalue weighted by Crippen LogP contribution is 2.24. The Morgan fingerprint density at radius 2 is 2.23 bits per heavy atom. The van der Waals surface area contributed by atoms with E-state index >= 15 is 0 Å². The van der Waals surface area contributed by atoms with E-state index < -0.39 is 12.0 Å². The van der Waals surface area contributed by atoms with E-state index in [9.17, 15) is 4.79 Å². The molecule has 0 bridgehead atoms. The quantitative estimate of drug-likeness (QED) is 0.658. The van der Waals surface area contributed by atoms with Crippen LogP contribution in [0.25, 0.3) is 0 Å². The normalized spacial score (nSPS) is 30.3. The fraction of sp³-hybridized carbons (Fsp3) is 0.889. The summed E-state index contributed by atoms with van der Waals surface area (Å²) in [6, 6.07) is 0.0525. The highest BCUT2D eigenvalue weighted by molar-refractivity contribution is 5.74. The van der Waals surface area contributed by atoms with Crippen molar-refractivity contribution >= 4 is 5.97 Å². The Morgan fingerprint density at radius 1 is 1.46 bits per heavy atom. The number of hydrogen-bond acceptors (Lipinski definition) is 3. The van der Waals surface area contributed by atoms with E-state index in [1.54, 1.807) is 0 Å². The summed E-state index contributed by atoms with van der Waals surface area (Å²) in [6.07, 6.45) is 3.12. The average molecular weight is 185 g/mol. The van der Waals surface area contributed by atoms with Gasteiger partial charge in [0.15, 0.2) is 0 Å². The first-order valence-corrected chi connectivity index (χ1v) is 4.84. The van der Waals surface area contributed by atoms with E-state index in [-0.39, 0.29) is 5.92 Å². The maximum absolute atomic E-state index is 10.9. The summed E-state index contributed by atoms with van der Waals surface area (Å²) in [5.41, 5.74) is 0. The highest BCUT2D eigenvalue weighted by atomic mass is 16.5. The van der Waals surface area contributed by atoms with Crippen molar-refractivity contribution in [2.45, 2.75) is 31.3 Å². The number of aliphatic carboxylic acids is 1. The zero-order valence-corrected chi connectivity index (χ0v) is 7.53. The number of carboxylic acid groups (broad SMARTS) is 1. The highest BCUT2D eigenvalue weighted by Gasteiger charge is 2.35. The molecule has 0 spiro atoms. The second-order valence-corrected chi connectivity index (χ2v) is 3.88. The van der Waals surface area contributed by atoms with Gasteiger partial charge in [0.05, 0.1) is 6.61 Å². The summed E-state index contributed by atoms with van der Waals surface area (Å²) in [7, 11) is 0. The van der Waals surface area contributed by atoms with Gasteiger partial charge in [-0.2, -0.15) is 0 Å². The molecule has 2 unspecified atom stereocenters. The molecule has 74 valence electrons. The fourth-order valence-electron chi connectivity index (χ4n) is 1.73. The van der Waals surface area contributed by atoms with Crippen LogP contribution in [0.15, 0.2) is 0 Å². The minimum absolute atomic E-state index is 0.165. The molecule has 2 aliphatic rings. The molecule has 0 aromatic carbocycles. The molecule has 2 N–H and O–H groups in total. The Bertz CT molecular complexity index is 197. The number of carbonyl (C=O) groups is 1. The SMILES string of the molecule is O=C(O)C(NC1CC1)C1CCOC1. The van der Waals surface area contributed by atoms with Crippen molar-refractivity contribution in [2.24, 2.45) is 5.92 Å². The second kappa shape index (κ2) is 3.64. The molecule has 0 radical (unpaired) electrons. The van der Waals surface area contributed by atoms with Crippen LogP contribution in [0.5, 0.6) is 0 Å².